The molecule has 1 saturated heterocycles. The minimum absolute atomic E-state index is 0.166. The zero-order valence-electron chi connectivity index (χ0n) is 17.6. The minimum Gasteiger partial charge on any atom is -0.503 e. The average Bonchev–Trinajstić information content (AvgIpc) is 3.15. The van der Waals surface area contributed by atoms with Crippen LogP contribution in [0.5, 0.6) is 11.5 Å². The van der Waals surface area contributed by atoms with Gasteiger partial charge in [0.15, 0.2) is 11.6 Å². The molecule has 4 N–H and O–H groups in total. The molecule has 9 heteroatoms. The Morgan fingerprint density at radius 3 is 3.03 bits per heavy atom. The van der Waals surface area contributed by atoms with Crippen molar-refractivity contribution in [3.8, 4) is 22.8 Å². The number of nitrogens with one attached hydrogen (secondary N) is 3. The van der Waals surface area contributed by atoms with Crippen LogP contribution in [-0.2, 0) is 6.42 Å². The lowest BCUT2D eigenvalue weighted by atomic mass is 10.0. The van der Waals surface area contributed by atoms with Gasteiger partial charge in [0.2, 0.25) is 0 Å². The number of likely N-dealkylation sites (N-methyl/N-ethyl adjacent to an activating group) is 1. The van der Waals surface area contributed by atoms with E-state index < -0.39 is 11.6 Å². The first kappa shape index (κ1) is 20.3. The van der Waals surface area contributed by atoms with Crippen LogP contribution in [0.4, 0.5) is 15.8 Å². The fourth-order valence-corrected chi connectivity index (χ4v) is 4.13. The molecule has 0 radical (unpaired) electrons. The molecule has 3 aromatic rings. The van der Waals surface area contributed by atoms with Crippen molar-refractivity contribution in [3.63, 3.8) is 0 Å². The van der Waals surface area contributed by atoms with Gasteiger partial charge < -0.3 is 25.5 Å². The summed E-state index contributed by atoms with van der Waals surface area (Å²) in [5.41, 5.74) is 3.17. The Kier molecular flexibility index (Phi) is 5.18. The molecule has 5 rings (SSSR count). The SMILES string of the molecule is CN1CC[C@@H]1COc1cnccc1-c1[nH]c2c(c1Nc1cccc(F)c1O)C(=O)NCC2. The molecule has 1 atom stereocenters. The zero-order valence-corrected chi connectivity index (χ0v) is 17.6. The number of phenols is 1. The van der Waals surface area contributed by atoms with Crippen LogP contribution in [0.25, 0.3) is 11.3 Å². The van der Waals surface area contributed by atoms with Crippen molar-refractivity contribution in [2.45, 2.75) is 18.9 Å². The zero-order chi connectivity index (χ0) is 22.2. The number of para-hydroxylation sites is 1. The second-order valence-electron chi connectivity index (χ2n) is 8.10. The molecule has 0 saturated carbocycles. The number of ether oxygens (including phenoxy) is 1. The molecular weight excluding hydrogens is 413 g/mol. The molecule has 1 aromatic carbocycles. The molecule has 0 unspecified atom stereocenters. The van der Waals surface area contributed by atoms with Crippen molar-refractivity contribution in [1.29, 1.82) is 0 Å². The molecule has 2 aromatic heterocycles. The van der Waals surface area contributed by atoms with E-state index in [4.69, 9.17) is 4.74 Å². The third-order valence-electron chi connectivity index (χ3n) is 6.14. The maximum absolute atomic E-state index is 13.9. The van der Waals surface area contributed by atoms with E-state index in [2.05, 4.69) is 32.5 Å². The third-order valence-corrected chi connectivity index (χ3v) is 6.14. The van der Waals surface area contributed by atoms with Gasteiger partial charge in [-0.2, -0.15) is 0 Å². The predicted molar refractivity (Wildman–Crippen MR) is 118 cm³/mol. The lowest BCUT2D eigenvalue weighted by molar-refractivity contribution is 0.0769. The lowest BCUT2D eigenvalue weighted by Gasteiger charge is -2.37. The van der Waals surface area contributed by atoms with Crippen LogP contribution in [-0.4, -0.2) is 58.7 Å². The molecular formula is C23H24FN5O3. The summed E-state index contributed by atoms with van der Waals surface area (Å²) in [5, 5.41) is 16.1. The van der Waals surface area contributed by atoms with Gasteiger partial charge in [-0.3, -0.25) is 14.7 Å². The van der Waals surface area contributed by atoms with Gasteiger partial charge in [0.25, 0.3) is 5.91 Å². The first-order valence-electron chi connectivity index (χ1n) is 10.6. The number of likely N-dealkylation sites (tertiary alicyclic amines) is 1. The number of aromatic amines is 1. The van der Waals surface area contributed by atoms with E-state index in [9.17, 15) is 14.3 Å². The topological polar surface area (TPSA) is 103 Å². The molecule has 8 nitrogen and oxygen atoms in total. The minimum atomic E-state index is -0.747. The Labute approximate surface area is 184 Å². The van der Waals surface area contributed by atoms with Crippen molar-refractivity contribution in [2.24, 2.45) is 0 Å². The van der Waals surface area contributed by atoms with Crippen LogP contribution in [0.2, 0.25) is 0 Å². The number of hydrogen-bond donors (Lipinski definition) is 4. The van der Waals surface area contributed by atoms with Crippen LogP contribution < -0.4 is 15.4 Å². The number of pyridine rings is 1. The molecule has 32 heavy (non-hydrogen) atoms. The lowest BCUT2D eigenvalue weighted by Crippen LogP contribution is -2.48. The summed E-state index contributed by atoms with van der Waals surface area (Å²) >= 11 is 0. The van der Waals surface area contributed by atoms with Gasteiger partial charge in [-0.25, -0.2) is 4.39 Å². The molecule has 4 heterocycles. The summed E-state index contributed by atoms with van der Waals surface area (Å²) in [7, 11) is 2.06. The van der Waals surface area contributed by atoms with Crippen molar-refractivity contribution >= 4 is 17.3 Å². The first-order valence-corrected chi connectivity index (χ1v) is 10.6. The number of carbonyl (C=O) groups excluding carboxylic acids is 1. The summed E-state index contributed by atoms with van der Waals surface area (Å²) in [6.07, 6.45) is 5.01. The number of aromatic hydroxyl groups is 1. The standard InChI is InChI=1S/C23H24FN5O3/c1-29-10-7-13(29)12-32-18-11-25-8-5-14(18)20-21(19-16(27-20)6-9-26-23(19)31)28-17-4-2-3-15(24)22(17)30/h2-5,8,11,13,27-28,30H,6-7,9-10,12H2,1H3,(H,26,31)/t13-/m1/s1. The molecule has 2 aliphatic rings. The van der Waals surface area contributed by atoms with E-state index in [0.29, 0.717) is 48.3 Å². The Hall–Kier alpha value is -3.59. The maximum Gasteiger partial charge on any atom is 0.255 e. The van der Waals surface area contributed by atoms with E-state index in [-0.39, 0.29) is 11.6 Å². The second-order valence-corrected chi connectivity index (χ2v) is 8.10. The van der Waals surface area contributed by atoms with Gasteiger partial charge in [-0.1, -0.05) is 6.07 Å². The van der Waals surface area contributed by atoms with Crippen molar-refractivity contribution < 1.29 is 19.0 Å². The number of amides is 1. The third kappa shape index (κ3) is 3.54. The molecule has 0 bridgehead atoms. The van der Waals surface area contributed by atoms with Gasteiger partial charge >= 0.3 is 0 Å². The highest BCUT2D eigenvalue weighted by Crippen LogP contribution is 2.41. The number of nitrogens with zero attached hydrogens (tertiary/aromatic N) is 2. The van der Waals surface area contributed by atoms with Gasteiger partial charge in [0.1, 0.15) is 12.4 Å². The number of rotatable bonds is 6. The predicted octanol–water partition coefficient (Wildman–Crippen LogP) is 3.03. The maximum atomic E-state index is 13.9. The largest absolute Gasteiger partial charge is 0.503 e. The Morgan fingerprint density at radius 2 is 2.25 bits per heavy atom. The number of hydrogen-bond acceptors (Lipinski definition) is 6. The van der Waals surface area contributed by atoms with E-state index in [1.165, 1.54) is 12.1 Å². The Morgan fingerprint density at radius 1 is 1.38 bits per heavy atom. The van der Waals surface area contributed by atoms with Gasteiger partial charge in [0, 0.05) is 36.5 Å². The Balaban J connectivity index is 1.57. The fraction of sp³-hybridized carbons (Fsp3) is 0.304. The smallest absolute Gasteiger partial charge is 0.255 e. The van der Waals surface area contributed by atoms with Crippen LogP contribution in [0.1, 0.15) is 22.5 Å². The van der Waals surface area contributed by atoms with Crippen molar-refractivity contribution in [2.75, 3.05) is 32.1 Å². The van der Waals surface area contributed by atoms with Crippen LogP contribution in [0.15, 0.2) is 36.7 Å². The fourth-order valence-electron chi connectivity index (χ4n) is 4.13. The normalized spacial score (nSPS) is 17.9. The summed E-state index contributed by atoms with van der Waals surface area (Å²) in [6.45, 7) is 2.10. The van der Waals surface area contributed by atoms with Crippen molar-refractivity contribution in [1.82, 2.24) is 20.2 Å². The summed E-state index contributed by atoms with van der Waals surface area (Å²) in [4.78, 5) is 22.5. The van der Waals surface area contributed by atoms with Crippen molar-refractivity contribution in [3.05, 3.63) is 53.7 Å². The molecule has 166 valence electrons. The number of halogens is 1. The summed E-state index contributed by atoms with van der Waals surface area (Å²) in [5.74, 6) is -0.912. The highest BCUT2D eigenvalue weighted by Gasteiger charge is 2.29. The molecule has 1 fully saturated rings. The number of carbonyl (C=O) groups is 1. The van der Waals surface area contributed by atoms with E-state index >= 15 is 0 Å². The Bertz CT molecular complexity index is 1180. The molecule has 0 spiro atoms. The van der Waals surface area contributed by atoms with Gasteiger partial charge in [-0.05, 0) is 38.2 Å². The highest BCUT2D eigenvalue weighted by molar-refractivity contribution is 6.06. The molecule has 2 aliphatic heterocycles. The number of fused-ring (bicyclic) bond motifs is 1. The van der Waals surface area contributed by atoms with E-state index in [1.54, 1.807) is 18.5 Å². The van der Waals surface area contributed by atoms with Gasteiger partial charge in [0.05, 0.1) is 28.8 Å². The molecule has 0 aliphatic carbocycles. The van der Waals surface area contributed by atoms with E-state index in [0.717, 1.165) is 24.2 Å². The average molecular weight is 437 g/mol. The van der Waals surface area contributed by atoms with Crippen LogP contribution in [0.3, 0.4) is 0 Å². The first-order chi connectivity index (χ1) is 15.5. The quantitative estimate of drug-likeness (QED) is 0.442. The molecule has 1 amide bonds. The number of anilines is 2. The summed E-state index contributed by atoms with van der Waals surface area (Å²) < 4.78 is 20.1. The number of H-pyrrole nitrogens is 1. The number of benzene rings is 1. The highest BCUT2D eigenvalue weighted by atomic mass is 19.1. The van der Waals surface area contributed by atoms with Gasteiger partial charge in [-0.15, -0.1) is 0 Å². The monoisotopic (exact) mass is 437 g/mol. The summed E-state index contributed by atoms with van der Waals surface area (Å²) in [6, 6.07) is 6.39. The second kappa shape index (κ2) is 8.16. The van der Waals surface area contributed by atoms with E-state index in [1.807, 2.05) is 6.07 Å². The number of aromatic nitrogens is 2. The van der Waals surface area contributed by atoms with Crippen LogP contribution in [0, 0.1) is 5.82 Å². The van der Waals surface area contributed by atoms with Crippen LogP contribution >= 0.6 is 0 Å². The number of phenolic OH excluding ortho intramolecular Hbond substituents is 1.